The second-order valence-electron chi connectivity index (χ2n) is 6.02. The molecule has 0 amide bonds. The minimum atomic E-state index is 0.504. The van der Waals surface area contributed by atoms with Gasteiger partial charge in [0.2, 0.25) is 0 Å². The summed E-state index contributed by atoms with van der Waals surface area (Å²) < 4.78 is 5.26. The summed E-state index contributed by atoms with van der Waals surface area (Å²) in [5.41, 5.74) is 1.41. The lowest BCUT2D eigenvalue weighted by Gasteiger charge is -2.27. The van der Waals surface area contributed by atoms with Crippen LogP contribution in [-0.2, 0) is 0 Å². The zero-order valence-electron chi connectivity index (χ0n) is 13.0. The Kier molecular flexibility index (Phi) is 6.38. The van der Waals surface area contributed by atoms with Gasteiger partial charge in [-0.3, -0.25) is 0 Å². The Morgan fingerprint density at radius 1 is 1.15 bits per heavy atom. The van der Waals surface area contributed by atoms with Crippen LogP contribution in [-0.4, -0.2) is 13.7 Å². The van der Waals surface area contributed by atoms with E-state index in [9.17, 15) is 0 Å². The van der Waals surface area contributed by atoms with Crippen LogP contribution in [0.1, 0.15) is 63.5 Å². The highest BCUT2D eigenvalue weighted by molar-refractivity contribution is 5.29. The monoisotopic (exact) mass is 275 g/mol. The summed E-state index contributed by atoms with van der Waals surface area (Å²) in [5.74, 6) is 1.85. The van der Waals surface area contributed by atoms with E-state index in [4.69, 9.17) is 4.74 Å². The molecule has 0 radical (unpaired) electrons. The molecule has 1 aliphatic rings. The molecular formula is C18H29NO. The van der Waals surface area contributed by atoms with E-state index in [-0.39, 0.29) is 0 Å². The van der Waals surface area contributed by atoms with Crippen molar-refractivity contribution in [2.75, 3.05) is 13.7 Å². The second kappa shape index (κ2) is 8.31. The number of rotatable bonds is 7. The molecule has 2 rings (SSSR count). The highest BCUT2D eigenvalue weighted by atomic mass is 16.5. The second-order valence-corrected chi connectivity index (χ2v) is 6.02. The lowest BCUT2D eigenvalue weighted by Crippen LogP contribution is -2.25. The SMILES string of the molecule is CCCNC(CC1CCCCC1)c1ccc(OC)cc1. The Hall–Kier alpha value is -1.02. The summed E-state index contributed by atoms with van der Waals surface area (Å²) in [4.78, 5) is 0. The van der Waals surface area contributed by atoms with Crippen LogP contribution in [0.15, 0.2) is 24.3 Å². The minimum Gasteiger partial charge on any atom is -0.497 e. The van der Waals surface area contributed by atoms with Gasteiger partial charge in [0.15, 0.2) is 0 Å². The van der Waals surface area contributed by atoms with Crippen LogP contribution in [0.25, 0.3) is 0 Å². The molecule has 1 aliphatic carbocycles. The van der Waals surface area contributed by atoms with Crippen LogP contribution < -0.4 is 10.1 Å². The predicted molar refractivity (Wildman–Crippen MR) is 85.2 cm³/mol. The van der Waals surface area contributed by atoms with Gasteiger partial charge in [0, 0.05) is 6.04 Å². The maximum absolute atomic E-state index is 5.26. The minimum absolute atomic E-state index is 0.504. The Morgan fingerprint density at radius 3 is 2.45 bits per heavy atom. The van der Waals surface area contributed by atoms with Gasteiger partial charge in [0.1, 0.15) is 5.75 Å². The van der Waals surface area contributed by atoms with Crippen molar-refractivity contribution in [2.45, 2.75) is 57.9 Å². The van der Waals surface area contributed by atoms with Gasteiger partial charge in [-0.25, -0.2) is 0 Å². The van der Waals surface area contributed by atoms with E-state index in [2.05, 4.69) is 36.5 Å². The Balaban J connectivity index is 2.00. The van der Waals surface area contributed by atoms with Crippen LogP contribution in [0.3, 0.4) is 0 Å². The van der Waals surface area contributed by atoms with E-state index < -0.39 is 0 Å². The molecule has 0 aromatic heterocycles. The average Bonchev–Trinajstić information content (AvgIpc) is 2.52. The van der Waals surface area contributed by atoms with Crippen molar-refractivity contribution < 1.29 is 4.74 Å². The third kappa shape index (κ3) is 4.52. The molecule has 1 N–H and O–H groups in total. The van der Waals surface area contributed by atoms with Gasteiger partial charge < -0.3 is 10.1 Å². The third-order valence-electron chi connectivity index (χ3n) is 4.45. The van der Waals surface area contributed by atoms with Gasteiger partial charge in [-0.1, -0.05) is 51.2 Å². The molecule has 0 heterocycles. The van der Waals surface area contributed by atoms with Gasteiger partial charge in [-0.05, 0) is 43.0 Å². The van der Waals surface area contributed by atoms with E-state index in [1.807, 2.05) is 0 Å². The van der Waals surface area contributed by atoms with Crippen molar-refractivity contribution in [3.63, 3.8) is 0 Å². The molecule has 2 heteroatoms. The molecule has 20 heavy (non-hydrogen) atoms. The quantitative estimate of drug-likeness (QED) is 0.778. The Labute approximate surface area is 123 Å². The van der Waals surface area contributed by atoms with E-state index >= 15 is 0 Å². The molecule has 0 aliphatic heterocycles. The summed E-state index contributed by atoms with van der Waals surface area (Å²) in [6.07, 6.45) is 9.60. The maximum Gasteiger partial charge on any atom is 0.118 e. The standard InChI is InChI=1S/C18H29NO/c1-3-13-19-18(14-15-7-5-4-6-8-15)16-9-11-17(20-2)12-10-16/h9-12,15,18-19H,3-8,13-14H2,1-2H3. The van der Waals surface area contributed by atoms with Crippen LogP contribution in [0.4, 0.5) is 0 Å². The largest absolute Gasteiger partial charge is 0.497 e. The number of hydrogen-bond acceptors (Lipinski definition) is 2. The van der Waals surface area contributed by atoms with Crippen molar-refractivity contribution in [3.8, 4) is 5.75 Å². The number of hydrogen-bond donors (Lipinski definition) is 1. The Morgan fingerprint density at radius 2 is 1.85 bits per heavy atom. The maximum atomic E-state index is 5.26. The van der Waals surface area contributed by atoms with Gasteiger partial charge >= 0.3 is 0 Å². The van der Waals surface area contributed by atoms with Gasteiger partial charge in [0.05, 0.1) is 7.11 Å². The highest BCUT2D eigenvalue weighted by Gasteiger charge is 2.19. The topological polar surface area (TPSA) is 21.3 Å². The first kappa shape index (κ1) is 15.4. The molecular weight excluding hydrogens is 246 g/mol. The molecule has 1 saturated carbocycles. The lowest BCUT2D eigenvalue weighted by atomic mass is 9.83. The smallest absolute Gasteiger partial charge is 0.118 e. The zero-order chi connectivity index (χ0) is 14.2. The van der Waals surface area contributed by atoms with Crippen LogP contribution in [0.5, 0.6) is 5.75 Å². The van der Waals surface area contributed by atoms with E-state index in [0.29, 0.717) is 6.04 Å². The fraction of sp³-hybridized carbons (Fsp3) is 0.667. The molecule has 112 valence electrons. The molecule has 1 atom stereocenters. The van der Waals surface area contributed by atoms with Crippen molar-refractivity contribution in [1.29, 1.82) is 0 Å². The number of methoxy groups -OCH3 is 1. The van der Waals surface area contributed by atoms with E-state index in [1.54, 1.807) is 7.11 Å². The summed E-state index contributed by atoms with van der Waals surface area (Å²) in [7, 11) is 1.73. The van der Waals surface area contributed by atoms with Crippen molar-refractivity contribution in [1.82, 2.24) is 5.32 Å². The van der Waals surface area contributed by atoms with Gasteiger partial charge in [0.25, 0.3) is 0 Å². The summed E-state index contributed by atoms with van der Waals surface area (Å²) in [5, 5.41) is 3.73. The summed E-state index contributed by atoms with van der Waals surface area (Å²) in [6.45, 7) is 3.34. The first-order chi connectivity index (χ1) is 9.83. The molecule has 1 aromatic carbocycles. The molecule has 1 aromatic rings. The predicted octanol–water partition coefficient (Wildman–Crippen LogP) is 4.71. The first-order valence-corrected chi connectivity index (χ1v) is 8.20. The molecule has 1 fully saturated rings. The molecule has 0 spiro atoms. The molecule has 0 saturated heterocycles. The zero-order valence-corrected chi connectivity index (χ0v) is 13.0. The van der Waals surface area contributed by atoms with Crippen LogP contribution >= 0.6 is 0 Å². The third-order valence-corrected chi connectivity index (χ3v) is 4.45. The number of ether oxygens (including phenoxy) is 1. The molecule has 0 bridgehead atoms. The number of benzene rings is 1. The lowest BCUT2D eigenvalue weighted by molar-refractivity contribution is 0.300. The summed E-state index contributed by atoms with van der Waals surface area (Å²) in [6, 6.07) is 9.10. The van der Waals surface area contributed by atoms with E-state index in [1.165, 1.54) is 50.5 Å². The fourth-order valence-electron chi connectivity index (χ4n) is 3.25. The van der Waals surface area contributed by atoms with Gasteiger partial charge in [-0.2, -0.15) is 0 Å². The average molecular weight is 275 g/mol. The van der Waals surface area contributed by atoms with E-state index in [0.717, 1.165) is 18.2 Å². The van der Waals surface area contributed by atoms with Crippen LogP contribution in [0.2, 0.25) is 0 Å². The van der Waals surface area contributed by atoms with Crippen molar-refractivity contribution in [3.05, 3.63) is 29.8 Å². The number of nitrogens with one attached hydrogen (secondary N) is 1. The fourth-order valence-corrected chi connectivity index (χ4v) is 3.25. The normalized spacial score (nSPS) is 17.9. The first-order valence-electron chi connectivity index (χ1n) is 8.20. The highest BCUT2D eigenvalue weighted by Crippen LogP contribution is 2.32. The van der Waals surface area contributed by atoms with Crippen molar-refractivity contribution >= 4 is 0 Å². The van der Waals surface area contributed by atoms with Crippen molar-refractivity contribution in [2.24, 2.45) is 5.92 Å². The van der Waals surface area contributed by atoms with Crippen LogP contribution in [0, 0.1) is 5.92 Å². The van der Waals surface area contributed by atoms with Gasteiger partial charge in [-0.15, -0.1) is 0 Å². The molecule has 1 unspecified atom stereocenters. The Bertz CT molecular complexity index is 368. The summed E-state index contributed by atoms with van der Waals surface area (Å²) >= 11 is 0. The molecule has 2 nitrogen and oxygen atoms in total.